The number of sulfonamides is 1. The number of nitrogens with one attached hydrogen (secondary N) is 1. The van der Waals surface area contributed by atoms with Crippen molar-refractivity contribution in [2.75, 3.05) is 30.6 Å². The Hall–Kier alpha value is -1.33. The summed E-state index contributed by atoms with van der Waals surface area (Å²) in [5.41, 5.74) is 1.95. The minimum absolute atomic E-state index is 0.0682. The molecule has 0 unspecified atom stereocenters. The van der Waals surface area contributed by atoms with Crippen LogP contribution in [-0.4, -0.2) is 39.2 Å². The average Bonchev–Trinajstić information content (AvgIpc) is 2.64. The van der Waals surface area contributed by atoms with Crippen molar-refractivity contribution in [2.45, 2.75) is 57.8 Å². The van der Waals surface area contributed by atoms with E-state index in [0.717, 1.165) is 32.0 Å². The lowest BCUT2D eigenvalue weighted by atomic mass is 9.68. The zero-order chi connectivity index (χ0) is 20.2. The predicted octanol–water partition coefficient (Wildman–Crippen LogP) is 4.79. The Labute approximate surface area is 171 Å². The minimum Gasteiger partial charge on any atom is -0.299 e. The molecule has 0 bridgehead atoms. The van der Waals surface area contributed by atoms with Crippen LogP contribution in [0.4, 0.5) is 5.69 Å². The monoisotopic (exact) mass is 404 g/mol. The Morgan fingerprint density at radius 1 is 1.25 bits per heavy atom. The molecular formula is C23H36N2O2S. The fourth-order valence-corrected chi connectivity index (χ4v) is 5.35. The number of hydrogen-bond donors (Lipinski definition) is 1. The van der Waals surface area contributed by atoms with Gasteiger partial charge in [-0.15, -0.1) is 0 Å². The van der Waals surface area contributed by atoms with Gasteiger partial charge in [0.25, 0.3) is 0 Å². The van der Waals surface area contributed by atoms with E-state index in [-0.39, 0.29) is 5.41 Å². The number of piperidine rings is 1. The summed E-state index contributed by atoms with van der Waals surface area (Å²) < 4.78 is 25.7. The van der Waals surface area contributed by atoms with Crippen LogP contribution in [0.3, 0.4) is 0 Å². The summed E-state index contributed by atoms with van der Waals surface area (Å²) in [6.45, 7) is 7.86. The van der Waals surface area contributed by atoms with Gasteiger partial charge in [-0.2, -0.15) is 0 Å². The van der Waals surface area contributed by atoms with E-state index in [9.17, 15) is 8.42 Å². The van der Waals surface area contributed by atoms with Gasteiger partial charge < -0.3 is 0 Å². The Kier molecular flexibility index (Phi) is 6.87. The molecule has 3 rings (SSSR count). The topological polar surface area (TPSA) is 49.4 Å². The van der Waals surface area contributed by atoms with Gasteiger partial charge in [0.1, 0.15) is 0 Å². The smallest absolute Gasteiger partial charge is 0.229 e. The molecule has 0 radical (unpaired) electrons. The second kappa shape index (κ2) is 9.00. The van der Waals surface area contributed by atoms with E-state index in [0.29, 0.717) is 11.6 Å². The van der Waals surface area contributed by atoms with Crippen molar-refractivity contribution in [1.82, 2.24) is 4.90 Å². The highest BCUT2D eigenvalue weighted by atomic mass is 32.2. The van der Waals surface area contributed by atoms with Gasteiger partial charge in [0, 0.05) is 18.8 Å². The Balaban J connectivity index is 1.60. The number of nitrogens with zero attached hydrogens (tertiary/aromatic N) is 1. The van der Waals surface area contributed by atoms with E-state index in [1.807, 2.05) is 18.2 Å². The molecule has 2 atom stereocenters. The van der Waals surface area contributed by atoms with E-state index >= 15 is 0 Å². The highest BCUT2D eigenvalue weighted by molar-refractivity contribution is 7.92. The highest BCUT2D eigenvalue weighted by Crippen LogP contribution is 2.40. The third-order valence-corrected chi connectivity index (χ3v) is 7.42. The van der Waals surface area contributed by atoms with Gasteiger partial charge in [-0.3, -0.25) is 9.62 Å². The molecule has 0 aromatic heterocycles. The SMILES string of the molecule is C[C@H]1CN(C/C=C/C2CCCCC2)CC[C@]1(C)c1cccc(NS(C)(=O)=O)c1. The van der Waals surface area contributed by atoms with Crippen LogP contribution < -0.4 is 4.72 Å². The van der Waals surface area contributed by atoms with Crippen LogP contribution >= 0.6 is 0 Å². The van der Waals surface area contributed by atoms with E-state index < -0.39 is 10.0 Å². The Morgan fingerprint density at radius 2 is 2.00 bits per heavy atom. The van der Waals surface area contributed by atoms with Crippen molar-refractivity contribution >= 4 is 15.7 Å². The molecular weight excluding hydrogens is 368 g/mol. The Bertz CT molecular complexity index is 784. The van der Waals surface area contributed by atoms with Crippen molar-refractivity contribution < 1.29 is 8.42 Å². The third kappa shape index (κ3) is 5.60. The lowest BCUT2D eigenvalue weighted by molar-refractivity contribution is 0.121. The molecule has 0 spiro atoms. The molecule has 5 heteroatoms. The first-order chi connectivity index (χ1) is 13.3. The normalized spacial score (nSPS) is 27.9. The second-order valence-corrected chi connectivity index (χ2v) is 10.9. The fourth-order valence-electron chi connectivity index (χ4n) is 4.79. The van der Waals surface area contributed by atoms with Crippen molar-refractivity contribution in [1.29, 1.82) is 0 Å². The molecule has 1 heterocycles. The molecule has 1 N–H and O–H groups in total. The van der Waals surface area contributed by atoms with Crippen LogP contribution in [0.1, 0.15) is 57.9 Å². The minimum atomic E-state index is -3.25. The van der Waals surface area contributed by atoms with Crippen molar-refractivity contribution in [3.05, 3.63) is 42.0 Å². The molecule has 2 fully saturated rings. The quantitative estimate of drug-likeness (QED) is 0.693. The molecule has 1 aliphatic carbocycles. The van der Waals surface area contributed by atoms with Gasteiger partial charge in [0.05, 0.1) is 6.26 Å². The standard InChI is InChI=1S/C23H36N2O2S/c1-19-18-25(15-8-11-20-9-5-4-6-10-20)16-14-23(19,2)21-12-7-13-22(17-21)24-28(3,26)27/h7-8,11-13,17,19-20,24H,4-6,9-10,14-16,18H2,1-3H3/b11-8+/t19-,23-/m0/s1. The van der Waals surface area contributed by atoms with Crippen LogP contribution in [0.25, 0.3) is 0 Å². The van der Waals surface area contributed by atoms with Gasteiger partial charge in [0.2, 0.25) is 10.0 Å². The number of hydrogen-bond acceptors (Lipinski definition) is 3. The van der Waals surface area contributed by atoms with Gasteiger partial charge in [-0.05, 0) is 60.8 Å². The molecule has 156 valence electrons. The number of likely N-dealkylation sites (tertiary alicyclic amines) is 1. The summed E-state index contributed by atoms with van der Waals surface area (Å²) in [5.74, 6) is 1.31. The summed E-state index contributed by atoms with van der Waals surface area (Å²) in [6.07, 6.45) is 14.1. The first-order valence-electron chi connectivity index (χ1n) is 10.7. The van der Waals surface area contributed by atoms with Crippen LogP contribution in [0, 0.1) is 11.8 Å². The number of allylic oxidation sites excluding steroid dienone is 1. The first kappa shape index (κ1) is 21.4. The van der Waals surface area contributed by atoms with Crippen LogP contribution in [-0.2, 0) is 15.4 Å². The van der Waals surface area contributed by atoms with Gasteiger partial charge in [-0.25, -0.2) is 8.42 Å². The van der Waals surface area contributed by atoms with Crippen molar-refractivity contribution in [2.24, 2.45) is 11.8 Å². The van der Waals surface area contributed by atoms with Gasteiger partial charge in [-0.1, -0.05) is 57.4 Å². The summed E-state index contributed by atoms with van der Waals surface area (Å²) in [5, 5.41) is 0. The van der Waals surface area contributed by atoms with E-state index in [1.54, 1.807) is 0 Å². The summed E-state index contributed by atoms with van der Waals surface area (Å²) in [6, 6.07) is 7.93. The summed E-state index contributed by atoms with van der Waals surface area (Å²) >= 11 is 0. The van der Waals surface area contributed by atoms with E-state index in [2.05, 4.69) is 41.7 Å². The molecule has 1 aromatic rings. The van der Waals surface area contributed by atoms with Crippen molar-refractivity contribution in [3.8, 4) is 0 Å². The summed E-state index contributed by atoms with van der Waals surface area (Å²) in [4.78, 5) is 2.56. The predicted molar refractivity (Wildman–Crippen MR) is 118 cm³/mol. The number of benzene rings is 1. The molecule has 28 heavy (non-hydrogen) atoms. The largest absolute Gasteiger partial charge is 0.299 e. The van der Waals surface area contributed by atoms with Gasteiger partial charge >= 0.3 is 0 Å². The molecule has 1 saturated heterocycles. The highest BCUT2D eigenvalue weighted by Gasteiger charge is 2.37. The lowest BCUT2D eigenvalue weighted by Crippen LogP contribution is -2.47. The van der Waals surface area contributed by atoms with Crippen molar-refractivity contribution in [3.63, 3.8) is 0 Å². The first-order valence-corrected chi connectivity index (χ1v) is 12.6. The van der Waals surface area contributed by atoms with E-state index in [4.69, 9.17) is 0 Å². The third-order valence-electron chi connectivity index (χ3n) is 6.81. The molecule has 2 aliphatic rings. The Morgan fingerprint density at radius 3 is 2.68 bits per heavy atom. The van der Waals surface area contributed by atoms with Gasteiger partial charge in [0.15, 0.2) is 0 Å². The van der Waals surface area contributed by atoms with Crippen LogP contribution in [0.15, 0.2) is 36.4 Å². The fraction of sp³-hybridized carbons (Fsp3) is 0.652. The van der Waals surface area contributed by atoms with E-state index in [1.165, 1.54) is 43.9 Å². The molecule has 1 aromatic carbocycles. The molecule has 1 aliphatic heterocycles. The zero-order valence-corrected chi connectivity index (χ0v) is 18.5. The maximum Gasteiger partial charge on any atom is 0.229 e. The molecule has 1 saturated carbocycles. The number of anilines is 1. The maximum absolute atomic E-state index is 11.6. The summed E-state index contributed by atoms with van der Waals surface area (Å²) in [7, 11) is -3.25. The molecule has 0 amide bonds. The number of rotatable bonds is 6. The maximum atomic E-state index is 11.6. The average molecular weight is 405 g/mol. The van der Waals surface area contributed by atoms with Crippen LogP contribution in [0.5, 0.6) is 0 Å². The second-order valence-electron chi connectivity index (χ2n) is 9.11. The van der Waals surface area contributed by atoms with Crippen LogP contribution in [0.2, 0.25) is 0 Å². The molecule has 4 nitrogen and oxygen atoms in total. The lowest BCUT2D eigenvalue weighted by Gasteiger charge is -2.45. The zero-order valence-electron chi connectivity index (χ0n) is 17.7.